The Morgan fingerprint density at radius 3 is 2.71 bits per heavy atom. The van der Waals surface area contributed by atoms with Crippen LogP contribution in [0.25, 0.3) is 11.5 Å². The second-order valence-electron chi connectivity index (χ2n) is 5.71. The van der Waals surface area contributed by atoms with Crippen LogP contribution in [0.5, 0.6) is 0 Å². The number of aromatic nitrogens is 2. The van der Waals surface area contributed by atoms with Crippen molar-refractivity contribution in [3.63, 3.8) is 0 Å². The van der Waals surface area contributed by atoms with Crippen LogP contribution < -0.4 is 5.73 Å². The predicted octanol–water partition coefficient (Wildman–Crippen LogP) is 3.08. The van der Waals surface area contributed by atoms with E-state index < -0.39 is 5.54 Å². The molecule has 5 nitrogen and oxygen atoms in total. The van der Waals surface area contributed by atoms with E-state index in [1.165, 1.54) is 6.42 Å². The fourth-order valence-electron chi connectivity index (χ4n) is 2.06. The Balaban J connectivity index is 1.71. The minimum atomic E-state index is -0.736. The summed E-state index contributed by atoms with van der Waals surface area (Å²) in [5.74, 6) is 0.970. The normalized spacial score (nSPS) is 18.2. The summed E-state index contributed by atoms with van der Waals surface area (Å²) in [7, 11) is 0. The molecule has 1 aromatic heterocycles. The number of hydrogen-bond acceptors (Lipinski definition) is 5. The number of nitrogens with two attached hydrogens (primary N) is 1. The minimum absolute atomic E-state index is 0.343. The summed E-state index contributed by atoms with van der Waals surface area (Å²) >= 11 is 2.26. The van der Waals surface area contributed by atoms with Gasteiger partial charge in [-0.3, -0.25) is 0 Å². The van der Waals surface area contributed by atoms with E-state index in [4.69, 9.17) is 15.0 Å². The van der Waals surface area contributed by atoms with Gasteiger partial charge in [-0.15, -0.1) is 0 Å². The number of ether oxygens (including phenoxy) is 1. The molecule has 112 valence electrons. The van der Waals surface area contributed by atoms with Crippen LogP contribution in [0.15, 0.2) is 28.8 Å². The molecule has 21 heavy (non-hydrogen) atoms. The fraction of sp³-hybridized carbons (Fsp3) is 0.467. The molecule has 0 amide bonds. The van der Waals surface area contributed by atoms with Crippen LogP contribution >= 0.6 is 22.6 Å². The largest absolute Gasteiger partial charge is 0.376 e. The molecule has 1 saturated carbocycles. The zero-order valence-corrected chi connectivity index (χ0v) is 14.0. The zero-order chi connectivity index (χ0) is 14.9. The van der Waals surface area contributed by atoms with Crippen LogP contribution in [0.4, 0.5) is 0 Å². The molecule has 1 aromatic carbocycles. The van der Waals surface area contributed by atoms with E-state index in [-0.39, 0.29) is 0 Å². The van der Waals surface area contributed by atoms with Gasteiger partial charge in [0.15, 0.2) is 5.82 Å². The smallest absolute Gasteiger partial charge is 0.257 e. The summed E-state index contributed by atoms with van der Waals surface area (Å²) in [4.78, 5) is 4.42. The lowest BCUT2D eigenvalue weighted by Gasteiger charge is -2.29. The summed E-state index contributed by atoms with van der Waals surface area (Å²) < 4.78 is 12.3. The Hall–Kier alpha value is -0.990. The van der Waals surface area contributed by atoms with E-state index in [2.05, 4.69) is 32.7 Å². The van der Waals surface area contributed by atoms with Gasteiger partial charge in [0.05, 0.1) is 12.7 Å². The Morgan fingerprint density at radius 2 is 2.10 bits per heavy atom. The third kappa shape index (κ3) is 3.44. The Kier molecular flexibility index (Phi) is 4.28. The first-order chi connectivity index (χ1) is 10.0. The molecular formula is C15H18IN3O2. The molecule has 1 aliphatic rings. The highest BCUT2D eigenvalue weighted by Gasteiger charge is 2.30. The number of benzene rings is 1. The Bertz CT molecular complexity index is 606. The van der Waals surface area contributed by atoms with Crippen LogP contribution in [0.3, 0.4) is 0 Å². The Labute approximate surface area is 137 Å². The van der Waals surface area contributed by atoms with E-state index in [9.17, 15) is 0 Å². The standard InChI is InChI=1S/C15H18IN3O2/c1-15(17,9-20-12-3-2-4-12)14-18-13(21-19-14)10-5-7-11(16)8-6-10/h5-8,12H,2-4,9,17H2,1H3. The molecule has 0 spiro atoms. The van der Waals surface area contributed by atoms with Crippen molar-refractivity contribution in [2.75, 3.05) is 6.61 Å². The zero-order valence-electron chi connectivity index (χ0n) is 11.9. The lowest BCUT2D eigenvalue weighted by molar-refractivity contribution is -0.0222. The lowest BCUT2D eigenvalue weighted by atomic mass is 9.95. The van der Waals surface area contributed by atoms with Crippen molar-refractivity contribution in [1.82, 2.24) is 10.1 Å². The van der Waals surface area contributed by atoms with Crippen LogP contribution in [0.1, 0.15) is 32.0 Å². The van der Waals surface area contributed by atoms with Crippen molar-refractivity contribution in [2.45, 2.75) is 37.8 Å². The van der Waals surface area contributed by atoms with Gasteiger partial charge in [-0.05, 0) is 73.0 Å². The molecule has 2 aromatic rings. The summed E-state index contributed by atoms with van der Waals surface area (Å²) in [6.45, 7) is 2.28. The molecule has 3 rings (SSSR count). The molecule has 1 fully saturated rings. The topological polar surface area (TPSA) is 74.2 Å². The van der Waals surface area contributed by atoms with Crippen molar-refractivity contribution in [3.8, 4) is 11.5 Å². The first-order valence-electron chi connectivity index (χ1n) is 7.05. The molecule has 1 atom stereocenters. The average Bonchev–Trinajstić information content (AvgIpc) is 2.88. The average molecular weight is 399 g/mol. The molecule has 1 aliphatic carbocycles. The molecular weight excluding hydrogens is 381 g/mol. The second-order valence-corrected chi connectivity index (χ2v) is 6.96. The number of halogens is 1. The quantitative estimate of drug-likeness (QED) is 0.783. The van der Waals surface area contributed by atoms with Gasteiger partial charge in [-0.2, -0.15) is 4.98 Å². The summed E-state index contributed by atoms with van der Waals surface area (Å²) in [6, 6.07) is 7.91. The maximum atomic E-state index is 6.27. The lowest BCUT2D eigenvalue weighted by Crippen LogP contribution is -2.41. The molecule has 0 radical (unpaired) electrons. The molecule has 0 aliphatic heterocycles. The monoisotopic (exact) mass is 399 g/mol. The van der Waals surface area contributed by atoms with E-state index in [0.717, 1.165) is 22.0 Å². The Morgan fingerprint density at radius 1 is 1.38 bits per heavy atom. The molecule has 1 unspecified atom stereocenters. The minimum Gasteiger partial charge on any atom is -0.376 e. The van der Waals surface area contributed by atoms with E-state index in [1.54, 1.807) is 0 Å². The molecule has 0 saturated heterocycles. The SMILES string of the molecule is CC(N)(COC1CCC1)c1noc(-c2ccc(I)cc2)n1. The first-order valence-corrected chi connectivity index (χ1v) is 8.13. The van der Waals surface area contributed by atoms with Gasteiger partial charge < -0.3 is 15.0 Å². The van der Waals surface area contributed by atoms with Crippen LogP contribution in [0.2, 0.25) is 0 Å². The number of hydrogen-bond donors (Lipinski definition) is 1. The van der Waals surface area contributed by atoms with Gasteiger partial charge >= 0.3 is 0 Å². The van der Waals surface area contributed by atoms with Gasteiger partial charge in [0, 0.05) is 9.13 Å². The van der Waals surface area contributed by atoms with Crippen LogP contribution in [-0.4, -0.2) is 22.9 Å². The van der Waals surface area contributed by atoms with Crippen molar-refractivity contribution in [2.24, 2.45) is 5.73 Å². The summed E-state index contributed by atoms with van der Waals surface area (Å²) in [5, 5.41) is 4.02. The van der Waals surface area contributed by atoms with Gasteiger partial charge in [-0.25, -0.2) is 0 Å². The van der Waals surface area contributed by atoms with Crippen molar-refractivity contribution in [1.29, 1.82) is 0 Å². The number of rotatable bonds is 5. The molecule has 0 bridgehead atoms. The highest BCUT2D eigenvalue weighted by atomic mass is 127. The van der Waals surface area contributed by atoms with E-state index in [0.29, 0.717) is 24.4 Å². The highest BCUT2D eigenvalue weighted by molar-refractivity contribution is 14.1. The van der Waals surface area contributed by atoms with Gasteiger partial charge in [0.25, 0.3) is 5.89 Å². The second kappa shape index (κ2) is 6.02. The molecule has 6 heteroatoms. The number of nitrogens with zero attached hydrogens (tertiary/aromatic N) is 2. The third-order valence-corrected chi connectivity index (χ3v) is 4.42. The summed E-state index contributed by atoms with van der Waals surface area (Å²) in [5.41, 5.74) is 6.43. The third-order valence-electron chi connectivity index (χ3n) is 3.70. The maximum absolute atomic E-state index is 6.27. The van der Waals surface area contributed by atoms with Gasteiger partial charge in [0.1, 0.15) is 5.54 Å². The van der Waals surface area contributed by atoms with Crippen LogP contribution in [0, 0.1) is 3.57 Å². The van der Waals surface area contributed by atoms with Crippen molar-refractivity contribution < 1.29 is 9.26 Å². The molecule has 2 N–H and O–H groups in total. The highest BCUT2D eigenvalue weighted by Crippen LogP contribution is 2.26. The molecule has 1 heterocycles. The fourth-order valence-corrected chi connectivity index (χ4v) is 2.42. The van der Waals surface area contributed by atoms with E-state index in [1.807, 2.05) is 31.2 Å². The van der Waals surface area contributed by atoms with Crippen LogP contribution in [-0.2, 0) is 10.3 Å². The maximum Gasteiger partial charge on any atom is 0.257 e. The first kappa shape index (κ1) is 14.9. The summed E-state index contributed by atoms with van der Waals surface area (Å²) in [6.07, 6.45) is 3.83. The van der Waals surface area contributed by atoms with Crippen molar-refractivity contribution in [3.05, 3.63) is 33.7 Å². The predicted molar refractivity (Wildman–Crippen MR) is 87.6 cm³/mol. The van der Waals surface area contributed by atoms with E-state index >= 15 is 0 Å². The van der Waals surface area contributed by atoms with Gasteiger partial charge in [0.2, 0.25) is 0 Å². The van der Waals surface area contributed by atoms with Gasteiger partial charge in [-0.1, -0.05) is 5.16 Å². The van der Waals surface area contributed by atoms with Crippen molar-refractivity contribution >= 4 is 22.6 Å².